The first-order valence-corrected chi connectivity index (χ1v) is 6.69. The fraction of sp³-hybridized carbons (Fsp3) is 0.0526. The summed E-state index contributed by atoms with van der Waals surface area (Å²) in [6.45, 7) is 2.08. The van der Waals surface area contributed by atoms with E-state index in [2.05, 4.69) is 37.3 Å². The molecule has 0 fully saturated rings. The monoisotopic (exact) mass is 260 g/mol. The zero-order valence-corrected chi connectivity index (χ0v) is 11.4. The van der Waals surface area contributed by atoms with Gasteiger partial charge in [0, 0.05) is 0 Å². The summed E-state index contributed by atoms with van der Waals surface area (Å²) in [6.07, 6.45) is 6.38. The van der Waals surface area contributed by atoms with Gasteiger partial charge in [0.15, 0.2) is 0 Å². The lowest BCUT2D eigenvalue weighted by Gasteiger charge is -2.02. The number of hydrogen-bond donors (Lipinski definition) is 1. The van der Waals surface area contributed by atoms with E-state index < -0.39 is 0 Å². The van der Waals surface area contributed by atoms with Gasteiger partial charge in [-0.2, -0.15) is 0 Å². The lowest BCUT2D eigenvalue weighted by molar-refractivity contribution is 0.476. The van der Waals surface area contributed by atoms with Crippen molar-refractivity contribution in [3.05, 3.63) is 76.7 Å². The highest BCUT2D eigenvalue weighted by molar-refractivity contribution is 5.87. The van der Waals surface area contributed by atoms with E-state index in [0.29, 0.717) is 5.75 Å². The maximum absolute atomic E-state index is 9.82. The third-order valence-electron chi connectivity index (χ3n) is 3.42. The lowest BCUT2D eigenvalue weighted by Crippen LogP contribution is -2.07. The van der Waals surface area contributed by atoms with Crippen LogP contribution in [0, 0.1) is 0 Å². The van der Waals surface area contributed by atoms with E-state index >= 15 is 0 Å². The van der Waals surface area contributed by atoms with Crippen molar-refractivity contribution >= 4 is 22.9 Å². The van der Waals surface area contributed by atoms with E-state index in [1.54, 1.807) is 6.07 Å². The summed E-state index contributed by atoms with van der Waals surface area (Å²) < 4.78 is 0. The van der Waals surface area contributed by atoms with Crippen molar-refractivity contribution in [2.24, 2.45) is 0 Å². The molecule has 0 unspecified atom stereocenters. The largest absolute Gasteiger partial charge is 0.508 e. The Kier molecular flexibility index (Phi) is 3.26. The number of phenols is 1. The van der Waals surface area contributed by atoms with Gasteiger partial charge in [-0.25, -0.2) is 0 Å². The van der Waals surface area contributed by atoms with Crippen molar-refractivity contribution in [2.75, 3.05) is 0 Å². The SMILES string of the molecule is CC1=C/C=c2\cccccc\c(c3cc(O)ccc23)=C\1. The maximum atomic E-state index is 9.82. The van der Waals surface area contributed by atoms with Crippen LogP contribution in [0.15, 0.2) is 66.2 Å². The molecule has 1 heteroatoms. The molecule has 2 bridgehead atoms. The Hall–Kier alpha value is -2.54. The van der Waals surface area contributed by atoms with Gasteiger partial charge < -0.3 is 5.11 Å². The predicted octanol–water partition coefficient (Wildman–Crippen LogP) is 3.19. The zero-order chi connectivity index (χ0) is 13.9. The second-order valence-corrected chi connectivity index (χ2v) is 4.97. The minimum Gasteiger partial charge on any atom is -0.508 e. The highest BCUT2D eigenvalue weighted by Crippen LogP contribution is 2.14. The highest BCUT2D eigenvalue weighted by atomic mass is 16.3. The number of benzene rings is 1. The van der Waals surface area contributed by atoms with E-state index in [4.69, 9.17) is 0 Å². The Morgan fingerprint density at radius 1 is 0.750 bits per heavy atom. The van der Waals surface area contributed by atoms with Crippen molar-refractivity contribution in [1.29, 1.82) is 0 Å². The van der Waals surface area contributed by atoms with Crippen LogP contribution >= 0.6 is 0 Å². The number of rotatable bonds is 0. The van der Waals surface area contributed by atoms with Gasteiger partial charge in [0.1, 0.15) is 5.75 Å². The molecule has 98 valence electrons. The standard InChI is InChI=1S/C19H16O/c1-14-8-9-15-6-4-2-3-5-7-16(12-14)19-13-17(20)10-11-18(15)19/h2-13,20H,1H3/b3-2?,4-2?,5-3?,6-4?,7-5?,9-8?,14-8-,14-12?,15-6?,15-9+,16-7?,16-12-,18-15?,19-16?. The second-order valence-electron chi connectivity index (χ2n) is 4.97. The minimum atomic E-state index is 0.293. The van der Waals surface area contributed by atoms with Gasteiger partial charge in [-0.1, -0.05) is 66.3 Å². The van der Waals surface area contributed by atoms with Gasteiger partial charge in [0.2, 0.25) is 0 Å². The Morgan fingerprint density at radius 3 is 2.30 bits per heavy atom. The van der Waals surface area contributed by atoms with Crippen LogP contribution in [-0.2, 0) is 0 Å². The van der Waals surface area contributed by atoms with Crippen LogP contribution in [0.2, 0.25) is 0 Å². The average Bonchev–Trinajstić information content (AvgIpc) is 2.42. The number of phenolic OH excluding ortho intramolecular Hbond substituents is 1. The van der Waals surface area contributed by atoms with Crippen LogP contribution < -0.4 is 10.4 Å². The Morgan fingerprint density at radius 2 is 1.50 bits per heavy atom. The molecule has 1 aliphatic rings. The molecule has 0 radical (unpaired) electrons. The quantitative estimate of drug-likeness (QED) is 0.771. The summed E-state index contributed by atoms with van der Waals surface area (Å²) in [4.78, 5) is 0. The summed E-state index contributed by atoms with van der Waals surface area (Å²) in [6, 6.07) is 17.8. The van der Waals surface area contributed by atoms with Crippen LogP contribution in [0.1, 0.15) is 6.92 Å². The molecule has 0 aromatic heterocycles. The van der Waals surface area contributed by atoms with Crippen LogP contribution in [-0.4, -0.2) is 5.11 Å². The normalized spacial score (nSPS) is 18.6. The van der Waals surface area contributed by atoms with E-state index in [0.717, 1.165) is 21.2 Å². The minimum absolute atomic E-state index is 0.293. The van der Waals surface area contributed by atoms with Gasteiger partial charge in [-0.05, 0) is 40.3 Å². The summed E-state index contributed by atoms with van der Waals surface area (Å²) in [5.74, 6) is 0.293. The molecule has 0 atom stereocenters. The fourth-order valence-electron chi connectivity index (χ4n) is 2.43. The van der Waals surface area contributed by atoms with Gasteiger partial charge >= 0.3 is 0 Å². The molecule has 2 aromatic rings. The maximum Gasteiger partial charge on any atom is 0.116 e. The fourth-order valence-corrected chi connectivity index (χ4v) is 2.43. The Bertz CT molecular complexity index is 872. The van der Waals surface area contributed by atoms with Crippen molar-refractivity contribution in [3.8, 4) is 5.75 Å². The first kappa shape index (κ1) is 12.5. The first-order valence-electron chi connectivity index (χ1n) is 6.69. The Balaban J connectivity index is 2.69. The second kappa shape index (κ2) is 5.22. The average molecular weight is 260 g/mol. The molecule has 20 heavy (non-hydrogen) atoms. The molecule has 1 N–H and O–H groups in total. The third-order valence-corrected chi connectivity index (χ3v) is 3.42. The van der Waals surface area contributed by atoms with Crippen molar-refractivity contribution in [1.82, 2.24) is 0 Å². The molecule has 3 rings (SSSR count). The van der Waals surface area contributed by atoms with Gasteiger partial charge in [0.05, 0.1) is 0 Å². The van der Waals surface area contributed by atoms with Crippen LogP contribution in [0.25, 0.3) is 22.9 Å². The summed E-state index contributed by atoms with van der Waals surface area (Å²) in [5.41, 5.74) is 1.19. The third kappa shape index (κ3) is 2.43. The number of hydrogen-bond acceptors (Lipinski definition) is 1. The highest BCUT2D eigenvalue weighted by Gasteiger charge is 1.98. The first-order chi connectivity index (χ1) is 9.74. The van der Waals surface area contributed by atoms with Crippen LogP contribution in [0.4, 0.5) is 0 Å². The molecule has 1 nitrogen and oxygen atoms in total. The topological polar surface area (TPSA) is 20.2 Å². The lowest BCUT2D eigenvalue weighted by atomic mass is 10.0. The summed E-state index contributed by atoms with van der Waals surface area (Å²) in [7, 11) is 0. The van der Waals surface area contributed by atoms with E-state index in [9.17, 15) is 5.11 Å². The molecule has 0 spiro atoms. The van der Waals surface area contributed by atoms with Gasteiger partial charge in [-0.3, -0.25) is 0 Å². The van der Waals surface area contributed by atoms with Crippen LogP contribution in [0.3, 0.4) is 0 Å². The number of aromatic hydroxyl groups is 1. The molecule has 0 saturated heterocycles. The molecule has 0 amide bonds. The summed E-state index contributed by atoms with van der Waals surface area (Å²) in [5, 5.41) is 14.3. The van der Waals surface area contributed by atoms with Crippen molar-refractivity contribution in [3.63, 3.8) is 0 Å². The van der Waals surface area contributed by atoms with Crippen LogP contribution in [0.5, 0.6) is 5.75 Å². The molecular weight excluding hydrogens is 244 g/mol. The Labute approximate surface area is 118 Å². The van der Waals surface area contributed by atoms with E-state index in [1.165, 1.54) is 5.57 Å². The molecule has 0 heterocycles. The molecular formula is C19H16O. The summed E-state index contributed by atoms with van der Waals surface area (Å²) >= 11 is 0. The van der Waals surface area contributed by atoms with Crippen molar-refractivity contribution in [2.45, 2.75) is 6.92 Å². The molecule has 1 aliphatic carbocycles. The molecule has 0 aliphatic heterocycles. The molecule has 2 aromatic carbocycles. The van der Waals surface area contributed by atoms with Gasteiger partial charge in [-0.15, -0.1) is 0 Å². The van der Waals surface area contributed by atoms with E-state index in [1.807, 2.05) is 36.4 Å². The molecule has 0 saturated carbocycles. The predicted molar refractivity (Wildman–Crippen MR) is 85.2 cm³/mol. The van der Waals surface area contributed by atoms with Gasteiger partial charge in [0.25, 0.3) is 0 Å². The van der Waals surface area contributed by atoms with Crippen molar-refractivity contribution < 1.29 is 5.11 Å². The smallest absolute Gasteiger partial charge is 0.116 e. The number of allylic oxidation sites excluding steroid dienone is 2. The van der Waals surface area contributed by atoms with E-state index in [-0.39, 0.29) is 0 Å². The zero-order valence-electron chi connectivity index (χ0n) is 11.4.